The van der Waals surface area contributed by atoms with Gasteiger partial charge in [0.25, 0.3) is 0 Å². The smallest absolute Gasteiger partial charge is 0.143 e. The lowest BCUT2D eigenvalue weighted by atomic mass is 9.84. The maximum absolute atomic E-state index is 6.58. The lowest BCUT2D eigenvalue weighted by molar-refractivity contribution is 0.270. The van der Waals surface area contributed by atoms with E-state index < -0.39 is 0 Å². The molecular formula is C50H32O2. The van der Waals surface area contributed by atoms with E-state index in [0.717, 1.165) is 49.9 Å². The molecule has 1 aromatic heterocycles. The highest BCUT2D eigenvalue weighted by atomic mass is 16.5. The van der Waals surface area contributed by atoms with E-state index in [2.05, 4.69) is 170 Å². The minimum absolute atomic E-state index is 0.0508. The summed E-state index contributed by atoms with van der Waals surface area (Å²) in [5.74, 6) is 1.25. The Balaban J connectivity index is 1.09. The maximum Gasteiger partial charge on any atom is 0.143 e. The van der Waals surface area contributed by atoms with E-state index in [1.165, 1.54) is 49.4 Å². The Labute approximate surface area is 301 Å². The quantitative estimate of drug-likeness (QED) is 0.175. The molecule has 0 radical (unpaired) electrons. The van der Waals surface area contributed by atoms with Crippen LogP contribution in [0.4, 0.5) is 0 Å². The normalized spacial score (nSPS) is 16.1. The SMILES string of the molecule is C1=CC2Oc3c(-c4cccc(-c5c6ccccc6c(-c6cccc(-c7cccc8c7oc7ccccc78)c6)c6ccccc56)c4)cccc3C2C=C1. The molecule has 9 aromatic rings. The third kappa shape index (κ3) is 4.37. The lowest BCUT2D eigenvalue weighted by Gasteiger charge is -2.19. The minimum atomic E-state index is 0.0508. The van der Waals surface area contributed by atoms with Crippen molar-refractivity contribution in [3.63, 3.8) is 0 Å². The van der Waals surface area contributed by atoms with Gasteiger partial charge in [-0.15, -0.1) is 0 Å². The Morgan fingerprint density at radius 1 is 0.404 bits per heavy atom. The van der Waals surface area contributed by atoms with Gasteiger partial charge in [-0.3, -0.25) is 0 Å². The lowest BCUT2D eigenvalue weighted by Crippen LogP contribution is -2.15. The number of furan rings is 1. The number of allylic oxidation sites excluding steroid dienone is 2. The summed E-state index contributed by atoms with van der Waals surface area (Å²) in [5.41, 5.74) is 12.5. The monoisotopic (exact) mass is 664 g/mol. The summed E-state index contributed by atoms with van der Waals surface area (Å²) in [5, 5.41) is 7.20. The standard InChI is InChI=1S/C50H32O2/c1-2-20-40-39(19-1)47(33-15-9-13-31(29-33)35-23-11-25-43-37-17-5-7-27-45(37)51-49(35)43)41-21-3-4-22-42(41)48(40)34-16-10-14-32(30-34)36-24-12-26-44-38-18-6-8-28-46(38)52-50(36)44/h1-30,37,45H. The van der Waals surface area contributed by atoms with Gasteiger partial charge in [0.2, 0.25) is 0 Å². The van der Waals surface area contributed by atoms with E-state index in [4.69, 9.17) is 9.15 Å². The fourth-order valence-electron chi connectivity index (χ4n) is 8.70. The van der Waals surface area contributed by atoms with Crippen LogP contribution in [-0.2, 0) is 0 Å². The van der Waals surface area contributed by atoms with Gasteiger partial charge in [-0.2, -0.15) is 0 Å². The van der Waals surface area contributed by atoms with Gasteiger partial charge in [-0.05, 0) is 79.2 Å². The predicted octanol–water partition coefficient (Wildman–Crippen LogP) is 13.5. The Morgan fingerprint density at radius 2 is 0.923 bits per heavy atom. The van der Waals surface area contributed by atoms with Crippen molar-refractivity contribution in [1.82, 2.24) is 0 Å². The van der Waals surface area contributed by atoms with E-state index in [1.54, 1.807) is 0 Å². The van der Waals surface area contributed by atoms with Gasteiger partial charge in [0.15, 0.2) is 0 Å². The molecule has 1 aliphatic heterocycles. The van der Waals surface area contributed by atoms with E-state index >= 15 is 0 Å². The Bertz CT molecular complexity index is 2900. The number of ether oxygens (including phenoxy) is 1. The van der Waals surface area contributed by atoms with Gasteiger partial charge in [0.05, 0.1) is 0 Å². The summed E-state index contributed by atoms with van der Waals surface area (Å²) in [6.07, 6.45) is 8.69. The highest BCUT2D eigenvalue weighted by molar-refractivity contribution is 6.21. The predicted molar refractivity (Wildman–Crippen MR) is 216 cm³/mol. The van der Waals surface area contributed by atoms with Crippen molar-refractivity contribution in [1.29, 1.82) is 0 Å². The summed E-state index contributed by atoms with van der Waals surface area (Å²) < 4.78 is 13.0. The molecule has 1 aliphatic carbocycles. The first-order valence-electron chi connectivity index (χ1n) is 18.0. The van der Waals surface area contributed by atoms with Crippen molar-refractivity contribution >= 4 is 43.5 Å². The van der Waals surface area contributed by atoms with Crippen LogP contribution in [0, 0.1) is 0 Å². The molecule has 2 heteroatoms. The van der Waals surface area contributed by atoms with Crippen LogP contribution in [-0.4, -0.2) is 6.10 Å². The van der Waals surface area contributed by atoms with Gasteiger partial charge in [0.1, 0.15) is 23.0 Å². The molecular weight excluding hydrogens is 633 g/mol. The molecule has 244 valence electrons. The highest BCUT2D eigenvalue weighted by Gasteiger charge is 2.33. The topological polar surface area (TPSA) is 22.4 Å². The van der Waals surface area contributed by atoms with Crippen LogP contribution in [0.15, 0.2) is 186 Å². The average molecular weight is 665 g/mol. The fraction of sp³-hybridized carbons (Fsp3) is 0.0400. The van der Waals surface area contributed by atoms with Crippen molar-refractivity contribution in [2.24, 2.45) is 0 Å². The molecule has 2 unspecified atom stereocenters. The van der Waals surface area contributed by atoms with E-state index in [9.17, 15) is 0 Å². The Morgan fingerprint density at radius 3 is 1.62 bits per heavy atom. The maximum atomic E-state index is 6.58. The number of benzene rings is 8. The van der Waals surface area contributed by atoms with Crippen molar-refractivity contribution in [3.05, 3.63) is 188 Å². The van der Waals surface area contributed by atoms with Gasteiger partial charge < -0.3 is 9.15 Å². The zero-order chi connectivity index (χ0) is 34.2. The second-order valence-electron chi connectivity index (χ2n) is 13.9. The molecule has 0 fully saturated rings. The number of fused-ring (bicyclic) bond motifs is 8. The molecule has 0 saturated carbocycles. The van der Waals surface area contributed by atoms with Crippen LogP contribution in [0.1, 0.15) is 11.5 Å². The highest BCUT2D eigenvalue weighted by Crippen LogP contribution is 2.49. The van der Waals surface area contributed by atoms with Gasteiger partial charge in [0, 0.05) is 33.4 Å². The fourth-order valence-corrected chi connectivity index (χ4v) is 8.70. The summed E-state index contributed by atoms with van der Waals surface area (Å²) in [6.45, 7) is 0. The summed E-state index contributed by atoms with van der Waals surface area (Å²) in [6, 6.07) is 57.0. The van der Waals surface area contributed by atoms with Crippen molar-refractivity contribution in [2.45, 2.75) is 12.0 Å². The second-order valence-corrected chi connectivity index (χ2v) is 13.9. The molecule has 0 spiro atoms. The Kier molecular flexibility index (Phi) is 6.41. The van der Waals surface area contributed by atoms with Crippen molar-refractivity contribution in [2.75, 3.05) is 0 Å². The first-order chi connectivity index (χ1) is 25.8. The third-order valence-corrected chi connectivity index (χ3v) is 11.0. The third-order valence-electron chi connectivity index (χ3n) is 11.0. The molecule has 2 nitrogen and oxygen atoms in total. The van der Waals surface area contributed by atoms with Gasteiger partial charge >= 0.3 is 0 Å². The largest absolute Gasteiger partial charge is 0.484 e. The molecule has 0 N–H and O–H groups in total. The van der Waals surface area contributed by atoms with Gasteiger partial charge in [-0.25, -0.2) is 0 Å². The summed E-state index contributed by atoms with van der Waals surface area (Å²) in [7, 11) is 0. The molecule has 0 saturated heterocycles. The summed E-state index contributed by atoms with van der Waals surface area (Å²) in [4.78, 5) is 0. The van der Waals surface area contributed by atoms with E-state index in [-0.39, 0.29) is 12.0 Å². The summed E-state index contributed by atoms with van der Waals surface area (Å²) >= 11 is 0. The van der Waals surface area contributed by atoms with E-state index in [1.807, 2.05) is 12.1 Å². The minimum Gasteiger partial charge on any atom is -0.484 e. The van der Waals surface area contributed by atoms with E-state index in [0.29, 0.717) is 0 Å². The van der Waals surface area contributed by atoms with Crippen LogP contribution in [0.2, 0.25) is 0 Å². The molecule has 2 heterocycles. The van der Waals surface area contributed by atoms with Crippen LogP contribution in [0.5, 0.6) is 5.75 Å². The Hall–Kier alpha value is -6.64. The van der Waals surface area contributed by atoms with Crippen LogP contribution in [0.25, 0.3) is 88.0 Å². The van der Waals surface area contributed by atoms with Gasteiger partial charge in [-0.1, -0.05) is 158 Å². The second kappa shape index (κ2) is 11.4. The molecule has 2 atom stereocenters. The average Bonchev–Trinajstić information content (AvgIpc) is 3.79. The van der Waals surface area contributed by atoms with Crippen LogP contribution >= 0.6 is 0 Å². The number of rotatable bonds is 4. The first-order valence-corrected chi connectivity index (χ1v) is 18.0. The number of para-hydroxylation sites is 3. The van der Waals surface area contributed by atoms with Crippen LogP contribution < -0.4 is 4.74 Å². The van der Waals surface area contributed by atoms with Crippen LogP contribution in [0.3, 0.4) is 0 Å². The molecule has 0 bridgehead atoms. The van der Waals surface area contributed by atoms with Crippen molar-refractivity contribution in [3.8, 4) is 50.3 Å². The number of hydrogen-bond acceptors (Lipinski definition) is 2. The zero-order valence-corrected chi connectivity index (χ0v) is 28.3. The molecule has 8 aromatic carbocycles. The molecule has 11 rings (SSSR count). The molecule has 52 heavy (non-hydrogen) atoms. The zero-order valence-electron chi connectivity index (χ0n) is 28.3. The molecule has 0 amide bonds. The number of hydrogen-bond donors (Lipinski definition) is 0. The first kappa shape index (κ1) is 29.1. The molecule has 2 aliphatic rings. The van der Waals surface area contributed by atoms with Crippen molar-refractivity contribution < 1.29 is 9.15 Å².